The molecular weight excluding hydrogens is 374 g/mol. The number of aliphatic imine (C=N–C) groups is 1. The van der Waals surface area contributed by atoms with Crippen molar-refractivity contribution in [1.82, 2.24) is 0 Å². The fourth-order valence-electron chi connectivity index (χ4n) is 2.85. The predicted octanol–water partition coefficient (Wildman–Crippen LogP) is 6.53. The molecule has 0 atom stereocenters. The molecule has 4 heteroatoms. The Morgan fingerprint density at radius 3 is 2.37 bits per heavy atom. The van der Waals surface area contributed by atoms with Crippen LogP contribution in [-0.4, -0.2) is 18.8 Å². The van der Waals surface area contributed by atoms with Gasteiger partial charge in [-0.1, -0.05) is 38.0 Å². The Morgan fingerprint density at radius 2 is 1.67 bits per heavy atom. The lowest BCUT2D eigenvalue weighted by Crippen LogP contribution is -2.08. The van der Waals surface area contributed by atoms with E-state index in [1.807, 2.05) is 49.4 Å². The summed E-state index contributed by atoms with van der Waals surface area (Å²) >= 11 is 0. The molecule has 3 aromatic carbocycles. The van der Waals surface area contributed by atoms with Gasteiger partial charge in [0.2, 0.25) is 0 Å². The molecule has 0 fully saturated rings. The predicted molar refractivity (Wildman–Crippen MR) is 121 cm³/mol. The minimum Gasteiger partial charge on any atom is -0.494 e. The third kappa shape index (κ3) is 6.31. The standard InChI is InChI=1S/C26H27NO3/c1-3-4-7-18-29-24-16-10-21(11-17-24)19-27-23-14-12-22(13-15-23)26(28)30-25-9-6-5-8-20(25)2/h5-6,8-17,19H,3-4,7,18H2,1-2H3. The lowest BCUT2D eigenvalue weighted by Gasteiger charge is -2.07. The van der Waals surface area contributed by atoms with Crippen LogP contribution >= 0.6 is 0 Å². The zero-order valence-corrected chi connectivity index (χ0v) is 17.5. The van der Waals surface area contributed by atoms with Gasteiger partial charge in [0.15, 0.2) is 0 Å². The van der Waals surface area contributed by atoms with E-state index < -0.39 is 0 Å². The van der Waals surface area contributed by atoms with Crippen LogP contribution in [0.3, 0.4) is 0 Å². The van der Waals surface area contributed by atoms with Gasteiger partial charge in [0.1, 0.15) is 11.5 Å². The smallest absolute Gasteiger partial charge is 0.343 e. The van der Waals surface area contributed by atoms with E-state index in [-0.39, 0.29) is 5.97 Å². The number of para-hydroxylation sites is 1. The van der Waals surface area contributed by atoms with Gasteiger partial charge in [-0.2, -0.15) is 0 Å². The Bertz CT molecular complexity index is 976. The first-order valence-electron chi connectivity index (χ1n) is 10.3. The zero-order chi connectivity index (χ0) is 21.2. The summed E-state index contributed by atoms with van der Waals surface area (Å²) in [5, 5.41) is 0. The summed E-state index contributed by atoms with van der Waals surface area (Å²) in [7, 11) is 0. The summed E-state index contributed by atoms with van der Waals surface area (Å²) in [5.41, 5.74) is 3.16. The molecule has 0 radical (unpaired) electrons. The van der Waals surface area contributed by atoms with Crippen LogP contribution in [0.15, 0.2) is 77.8 Å². The average molecular weight is 402 g/mol. The summed E-state index contributed by atoms with van der Waals surface area (Å²) in [6, 6.07) is 22.4. The molecule has 0 aliphatic carbocycles. The van der Waals surface area contributed by atoms with Crippen molar-refractivity contribution in [2.75, 3.05) is 6.61 Å². The molecule has 0 saturated carbocycles. The largest absolute Gasteiger partial charge is 0.494 e. The molecule has 154 valence electrons. The molecule has 4 nitrogen and oxygen atoms in total. The Hall–Kier alpha value is -3.40. The van der Waals surface area contributed by atoms with Gasteiger partial charge in [0.05, 0.1) is 17.9 Å². The highest BCUT2D eigenvalue weighted by Crippen LogP contribution is 2.20. The monoisotopic (exact) mass is 401 g/mol. The van der Waals surface area contributed by atoms with Crippen molar-refractivity contribution in [1.29, 1.82) is 0 Å². The summed E-state index contributed by atoms with van der Waals surface area (Å²) in [6.07, 6.45) is 5.25. The maximum Gasteiger partial charge on any atom is 0.343 e. The van der Waals surface area contributed by atoms with E-state index in [2.05, 4.69) is 11.9 Å². The van der Waals surface area contributed by atoms with Gasteiger partial charge in [-0.05, 0) is 79.1 Å². The average Bonchev–Trinajstić information content (AvgIpc) is 2.78. The zero-order valence-electron chi connectivity index (χ0n) is 17.5. The van der Waals surface area contributed by atoms with E-state index in [0.29, 0.717) is 11.3 Å². The van der Waals surface area contributed by atoms with Gasteiger partial charge in [-0.25, -0.2) is 4.79 Å². The minimum atomic E-state index is -0.380. The van der Waals surface area contributed by atoms with Crippen molar-refractivity contribution in [3.8, 4) is 11.5 Å². The van der Waals surface area contributed by atoms with E-state index in [0.717, 1.165) is 35.6 Å². The van der Waals surface area contributed by atoms with Crippen LogP contribution < -0.4 is 9.47 Å². The van der Waals surface area contributed by atoms with Crippen LogP contribution in [0.1, 0.15) is 47.7 Å². The van der Waals surface area contributed by atoms with Gasteiger partial charge in [-0.15, -0.1) is 0 Å². The van der Waals surface area contributed by atoms with Crippen LogP contribution in [0.25, 0.3) is 0 Å². The van der Waals surface area contributed by atoms with Crippen molar-refractivity contribution in [2.24, 2.45) is 4.99 Å². The fraction of sp³-hybridized carbons (Fsp3) is 0.231. The first-order valence-corrected chi connectivity index (χ1v) is 10.3. The first-order chi connectivity index (χ1) is 14.7. The summed E-state index contributed by atoms with van der Waals surface area (Å²) < 4.78 is 11.2. The lowest BCUT2D eigenvalue weighted by atomic mass is 10.2. The van der Waals surface area contributed by atoms with Crippen LogP contribution in [0.2, 0.25) is 0 Å². The molecule has 0 spiro atoms. The van der Waals surface area contributed by atoms with Crippen LogP contribution in [-0.2, 0) is 0 Å². The number of hydrogen-bond acceptors (Lipinski definition) is 4. The number of aryl methyl sites for hydroxylation is 1. The fourth-order valence-corrected chi connectivity index (χ4v) is 2.85. The van der Waals surface area contributed by atoms with Crippen molar-refractivity contribution in [3.63, 3.8) is 0 Å². The molecule has 0 amide bonds. The maximum atomic E-state index is 12.3. The Labute approximate surface area is 178 Å². The van der Waals surface area contributed by atoms with E-state index in [9.17, 15) is 4.79 Å². The normalized spacial score (nSPS) is 10.9. The summed E-state index contributed by atoms with van der Waals surface area (Å²) in [6.45, 7) is 4.84. The maximum absolute atomic E-state index is 12.3. The highest BCUT2D eigenvalue weighted by atomic mass is 16.5. The first kappa shape index (κ1) is 21.3. The van der Waals surface area contributed by atoms with Crippen LogP contribution in [0.4, 0.5) is 5.69 Å². The number of hydrogen-bond donors (Lipinski definition) is 0. The number of unbranched alkanes of at least 4 members (excludes halogenated alkanes) is 2. The highest BCUT2D eigenvalue weighted by Gasteiger charge is 2.09. The molecule has 0 bridgehead atoms. The van der Waals surface area contributed by atoms with Gasteiger partial charge in [-0.3, -0.25) is 4.99 Å². The van der Waals surface area contributed by atoms with E-state index in [1.165, 1.54) is 12.8 Å². The molecular formula is C26H27NO3. The SMILES string of the molecule is CCCCCOc1ccc(C=Nc2ccc(C(=O)Oc3ccccc3C)cc2)cc1. The van der Waals surface area contributed by atoms with Crippen molar-refractivity contribution in [2.45, 2.75) is 33.1 Å². The molecule has 0 aliphatic heterocycles. The van der Waals surface area contributed by atoms with Crippen LogP contribution in [0, 0.1) is 6.92 Å². The third-order valence-corrected chi connectivity index (χ3v) is 4.66. The summed E-state index contributed by atoms with van der Waals surface area (Å²) in [5.74, 6) is 1.07. The number of rotatable bonds is 9. The topological polar surface area (TPSA) is 47.9 Å². The highest BCUT2D eigenvalue weighted by molar-refractivity contribution is 5.91. The lowest BCUT2D eigenvalue weighted by molar-refractivity contribution is 0.0733. The van der Waals surface area contributed by atoms with Gasteiger partial charge < -0.3 is 9.47 Å². The second-order valence-electron chi connectivity index (χ2n) is 7.08. The number of carbonyl (C=O) groups is 1. The molecule has 0 unspecified atom stereocenters. The molecule has 0 aliphatic rings. The molecule has 0 aromatic heterocycles. The van der Waals surface area contributed by atoms with Crippen molar-refractivity contribution < 1.29 is 14.3 Å². The van der Waals surface area contributed by atoms with Crippen LogP contribution in [0.5, 0.6) is 11.5 Å². The number of ether oxygens (including phenoxy) is 2. The van der Waals surface area contributed by atoms with E-state index in [1.54, 1.807) is 36.5 Å². The number of esters is 1. The molecule has 0 saturated heterocycles. The number of carbonyl (C=O) groups excluding carboxylic acids is 1. The number of benzene rings is 3. The van der Waals surface area contributed by atoms with Gasteiger partial charge in [0.25, 0.3) is 0 Å². The second kappa shape index (κ2) is 11.0. The van der Waals surface area contributed by atoms with E-state index in [4.69, 9.17) is 9.47 Å². The molecule has 30 heavy (non-hydrogen) atoms. The van der Waals surface area contributed by atoms with Gasteiger partial charge >= 0.3 is 5.97 Å². The molecule has 3 aromatic rings. The summed E-state index contributed by atoms with van der Waals surface area (Å²) in [4.78, 5) is 16.8. The molecule has 0 heterocycles. The van der Waals surface area contributed by atoms with Gasteiger partial charge in [0, 0.05) is 6.21 Å². The Morgan fingerprint density at radius 1 is 0.933 bits per heavy atom. The quantitative estimate of drug-likeness (QED) is 0.177. The Balaban J connectivity index is 1.55. The van der Waals surface area contributed by atoms with E-state index >= 15 is 0 Å². The second-order valence-corrected chi connectivity index (χ2v) is 7.08. The minimum absolute atomic E-state index is 0.380. The van der Waals surface area contributed by atoms with Crippen molar-refractivity contribution >= 4 is 17.9 Å². The van der Waals surface area contributed by atoms with Crippen molar-refractivity contribution in [3.05, 3.63) is 89.5 Å². The Kier molecular flexibility index (Phi) is 7.78. The number of nitrogens with zero attached hydrogens (tertiary/aromatic N) is 1. The molecule has 0 N–H and O–H groups in total. The molecule has 3 rings (SSSR count). The third-order valence-electron chi connectivity index (χ3n) is 4.66.